The first kappa shape index (κ1) is 8.43. The molecule has 0 fully saturated rings. The highest BCUT2D eigenvalue weighted by molar-refractivity contribution is 5.53. The minimum atomic E-state index is 0.762. The maximum absolute atomic E-state index is 4.10. The molecule has 0 saturated heterocycles. The number of hydrogen-bond acceptors (Lipinski definition) is 2. The summed E-state index contributed by atoms with van der Waals surface area (Å²) in [5.74, 6) is 0. The van der Waals surface area contributed by atoms with Crippen molar-refractivity contribution in [2.45, 2.75) is 0 Å². The predicted octanol–water partition coefficient (Wildman–Crippen LogP) is 0.0954. The van der Waals surface area contributed by atoms with Crippen LogP contribution in [0.5, 0.6) is 0 Å². The third-order valence-corrected chi connectivity index (χ3v) is 0.677. The highest BCUT2D eigenvalue weighted by Crippen LogP contribution is 1.73. The van der Waals surface area contributed by atoms with Crippen LogP contribution in [-0.4, -0.2) is 51.0 Å². The second-order valence-electron chi connectivity index (χ2n) is 2.48. The second-order valence-corrected chi connectivity index (χ2v) is 2.48. The average Bonchev–Trinajstić information content (AvgIpc) is 1.63. The summed E-state index contributed by atoms with van der Waals surface area (Å²) in [5, 5.41) is 0. The first-order chi connectivity index (χ1) is 4.13. The van der Waals surface area contributed by atoms with E-state index < -0.39 is 0 Å². The van der Waals surface area contributed by atoms with Crippen molar-refractivity contribution in [3.05, 3.63) is 0 Å². The van der Waals surface area contributed by atoms with Crippen LogP contribution >= 0.6 is 0 Å². The van der Waals surface area contributed by atoms with E-state index >= 15 is 0 Å². The van der Waals surface area contributed by atoms with Crippen LogP contribution in [0.3, 0.4) is 0 Å². The van der Waals surface area contributed by atoms with Gasteiger partial charge in [0.2, 0.25) is 0 Å². The monoisotopic (exact) mass is 129 g/mol. The van der Waals surface area contributed by atoms with Crippen molar-refractivity contribution in [1.82, 2.24) is 9.80 Å². The quantitative estimate of drug-likeness (QED) is 0.397. The SMILES string of the molecule is CN(C)C=NCN(C)C. The van der Waals surface area contributed by atoms with Crippen LogP contribution in [0.15, 0.2) is 4.99 Å². The number of nitrogens with zero attached hydrogens (tertiary/aromatic N) is 3. The molecular formula is C6H15N3. The molecule has 9 heavy (non-hydrogen) atoms. The molecule has 0 atom stereocenters. The summed E-state index contributed by atoms with van der Waals surface area (Å²) >= 11 is 0. The zero-order chi connectivity index (χ0) is 7.28. The molecule has 0 aliphatic carbocycles. The van der Waals surface area contributed by atoms with Crippen molar-refractivity contribution in [3.8, 4) is 0 Å². The van der Waals surface area contributed by atoms with Crippen LogP contribution in [0.2, 0.25) is 0 Å². The van der Waals surface area contributed by atoms with Gasteiger partial charge in [-0.05, 0) is 14.1 Å². The zero-order valence-corrected chi connectivity index (χ0v) is 6.63. The van der Waals surface area contributed by atoms with Gasteiger partial charge in [0.25, 0.3) is 0 Å². The molecular weight excluding hydrogens is 114 g/mol. The van der Waals surface area contributed by atoms with Gasteiger partial charge in [-0.15, -0.1) is 0 Å². The zero-order valence-electron chi connectivity index (χ0n) is 6.63. The van der Waals surface area contributed by atoms with E-state index in [2.05, 4.69) is 4.99 Å². The summed E-state index contributed by atoms with van der Waals surface area (Å²) < 4.78 is 0. The molecule has 0 aromatic rings. The average molecular weight is 129 g/mol. The maximum Gasteiger partial charge on any atom is 0.0921 e. The van der Waals surface area contributed by atoms with Gasteiger partial charge >= 0.3 is 0 Å². The molecule has 0 spiro atoms. The molecule has 0 aliphatic heterocycles. The van der Waals surface area contributed by atoms with Gasteiger partial charge < -0.3 is 4.90 Å². The normalized spacial score (nSPS) is 11.2. The molecule has 3 nitrogen and oxygen atoms in total. The Morgan fingerprint density at radius 3 is 2.11 bits per heavy atom. The largest absolute Gasteiger partial charge is 0.369 e. The van der Waals surface area contributed by atoms with Crippen molar-refractivity contribution in [2.24, 2.45) is 4.99 Å². The highest BCUT2D eigenvalue weighted by Gasteiger charge is 1.81. The Morgan fingerprint density at radius 2 is 1.78 bits per heavy atom. The van der Waals surface area contributed by atoms with E-state index in [1.807, 2.05) is 38.0 Å². The molecule has 0 saturated carbocycles. The molecule has 0 radical (unpaired) electrons. The number of aliphatic imine (C=N–C) groups is 1. The fourth-order valence-corrected chi connectivity index (χ4v) is 0.363. The molecule has 0 amide bonds. The highest BCUT2D eigenvalue weighted by atomic mass is 15.2. The van der Waals surface area contributed by atoms with Crippen LogP contribution in [0.25, 0.3) is 0 Å². The van der Waals surface area contributed by atoms with Gasteiger partial charge in [0.05, 0.1) is 13.0 Å². The summed E-state index contributed by atoms with van der Waals surface area (Å²) in [5.41, 5.74) is 0. The van der Waals surface area contributed by atoms with Gasteiger partial charge in [-0.25, -0.2) is 0 Å². The predicted molar refractivity (Wildman–Crippen MR) is 40.7 cm³/mol. The van der Waals surface area contributed by atoms with Gasteiger partial charge in [-0.3, -0.25) is 9.89 Å². The van der Waals surface area contributed by atoms with E-state index in [0.29, 0.717) is 0 Å². The Bertz CT molecular complexity index is 86.3. The molecule has 0 bridgehead atoms. The van der Waals surface area contributed by atoms with Crippen LogP contribution in [0, 0.1) is 0 Å². The standard InChI is InChI=1S/C6H15N3/c1-8(2)5-7-6-9(3)4/h5H,6H2,1-4H3. The maximum atomic E-state index is 4.10. The fraction of sp³-hybridized carbons (Fsp3) is 0.833. The number of rotatable bonds is 3. The van der Waals surface area contributed by atoms with Crippen LogP contribution < -0.4 is 0 Å². The molecule has 3 heteroatoms. The van der Waals surface area contributed by atoms with Crippen molar-refractivity contribution in [3.63, 3.8) is 0 Å². The van der Waals surface area contributed by atoms with E-state index in [0.717, 1.165) is 6.67 Å². The van der Waals surface area contributed by atoms with Crippen LogP contribution in [0.1, 0.15) is 0 Å². The van der Waals surface area contributed by atoms with E-state index in [4.69, 9.17) is 0 Å². The van der Waals surface area contributed by atoms with E-state index in [9.17, 15) is 0 Å². The van der Waals surface area contributed by atoms with Crippen molar-refractivity contribution in [2.75, 3.05) is 34.9 Å². The third-order valence-electron chi connectivity index (χ3n) is 0.677. The van der Waals surface area contributed by atoms with Crippen molar-refractivity contribution in [1.29, 1.82) is 0 Å². The summed E-state index contributed by atoms with van der Waals surface area (Å²) in [4.78, 5) is 8.03. The molecule has 0 N–H and O–H groups in total. The van der Waals surface area contributed by atoms with Gasteiger partial charge in [0.1, 0.15) is 0 Å². The Labute approximate surface area is 57.0 Å². The summed E-state index contributed by atoms with van der Waals surface area (Å²) in [6.07, 6.45) is 1.81. The Kier molecular flexibility index (Phi) is 4.05. The topological polar surface area (TPSA) is 18.8 Å². The first-order valence-corrected chi connectivity index (χ1v) is 2.94. The third kappa shape index (κ3) is 7.43. The molecule has 0 rings (SSSR count). The molecule has 0 heterocycles. The lowest BCUT2D eigenvalue weighted by Gasteiger charge is -2.06. The van der Waals surface area contributed by atoms with Crippen LogP contribution in [-0.2, 0) is 0 Å². The fourth-order valence-electron chi connectivity index (χ4n) is 0.363. The molecule has 0 unspecified atom stereocenters. The Balaban J connectivity index is 3.25. The van der Waals surface area contributed by atoms with Gasteiger partial charge in [0.15, 0.2) is 0 Å². The van der Waals surface area contributed by atoms with E-state index in [-0.39, 0.29) is 0 Å². The van der Waals surface area contributed by atoms with E-state index in [1.165, 1.54) is 0 Å². The Morgan fingerprint density at radius 1 is 1.22 bits per heavy atom. The van der Waals surface area contributed by atoms with Crippen LogP contribution in [0.4, 0.5) is 0 Å². The molecule has 54 valence electrons. The first-order valence-electron chi connectivity index (χ1n) is 2.94. The lowest BCUT2D eigenvalue weighted by Crippen LogP contribution is -2.14. The van der Waals surface area contributed by atoms with Crippen molar-refractivity contribution >= 4 is 6.34 Å². The van der Waals surface area contributed by atoms with Gasteiger partial charge in [0, 0.05) is 14.1 Å². The molecule has 0 aromatic heterocycles. The van der Waals surface area contributed by atoms with E-state index in [1.54, 1.807) is 6.34 Å². The summed E-state index contributed by atoms with van der Waals surface area (Å²) in [6, 6.07) is 0. The summed E-state index contributed by atoms with van der Waals surface area (Å²) in [7, 11) is 7.90. The second kappa shape index (κ2) is 4.32. The van der Waals surface area contributed by atoms with Gasteiger partial charge in [-0.1, -0.05) is 0 Å². The molecule has 0 aromatic carbocycles. The lowest BCUT2D eigenvalue weighted by atomic mass is 10.8. The lowest BCUT2D eigenvalue weighted by molar-refractivity contribution is 0.422. The Hall–Kier alpha value is -0.570. The summed E-state index contributed by atoms with van der Waals surface area (Å²) in [6.45, 7) is 0.762. The molecule has 0 aliphatic rings. The minimum absolute atomic E-state index is 0.762. The number of hydrogen-bond donors (Lipinski definition) is 0. The van der Waals surface area contributed by atoms with Gasteiger partial charge in [-0.2, -0.15) is 0 Å². The smallest absolute Gasteiger partial charge is 0.0921 e. The van der Waals surface area contributed by atoms with Crippen molar-refractivity contribution < 1.29 is 0 Å². The minimum Gasteiger partial charge on any atom is -0.369 e.